The van der Waals surface area contributed by atoms with Crippen LogP contribution in [0.2, 0.25) is 0 Å². The molecule has 1 aromatic heterocycles. The van der Waals surface area contributed by atoms with E-state index in [1.807, 2.05) is 0 Å². The van der Waals surface area contributed by atoms with Crippen molar-refractivity contribution in [3.63, 3.8) is 0 Å². The quantitative estimate of drug-likeness (QED) is 0.630. The second kappa shape index (κ2) is 3.08. The molecule has 2 heterocycles. The molecule has 0 fully saturated rings. The van der Waals surface area contributed by atoms with Crippen molar-refractivity contribution in [1.82, 2.24) is 0 Å². The van der Waals surface area contributed by atoms with Gasteiger partial charge in [0.25, 0.3) is 0 Å². The summed E-state index contributed by atoms with van der Waals surface area (Å²) in [6, 6.07) is 0. The fraction of sp³-hybridized carbons (Fsp3) is 0.250. The van der Waals surface area contributed by atoms with E-state index in [1.165, 1.54) is 5.08 Å². The van der Waals surface area contributed by atoms with Crippen LogP contribution in [0.1, 0.15) is 0 Å². The Morgan fingerprint density at radius 2 is 1.78 bits per heavy atom. The number of hydrogen-bond donors (Lipinski definition) is 0. The van der Waals surface area contributed by atoms with Gasteiger partial charge in [0.2, 0.25) is 0 Å². The van der Waals surface area contributed by atoms with E-state index in [0.29, 0.717) is 0 Å². The number of rotatable bonds is 0. The Balaban J connectivity index is 2.64. The van der Waals surface area contributed by atoms with Gasteiger partial charge >= 0.3 is 82.5 Å². The summed E-state index contributed by atoms with van der Waals surface area (Å²) in [5.41, 5.74) is 0. The van der Waals surface area contributed by atoms with Crippen LogP contribution in [0.5, 0.6) is 0 Å². The van der Waals surface area contributed by atoms with Crippen LogP contribution in [-0.2, 0) is 0 Å². The van der Waals surface area contributed by atoms with E-state index in [2.05, 4.69) is 39.1 Å². The third-order valence-corrected chi connectivity index (χ3v) is 12.5. The molecule has 0 atom stereocenters. The van der Waals surface area contributed by atoms with Crippen LogP contribution in [0.4, 0.5) is 0 Å². The second-order valence-corrected chi connectivity index (χ2v) is 14.0. The van der Waals surface area contributed by atoms with E-state index < -0.39 is 0 Å². The summed E-state index contributed by atoms with van der Waals surface area (Å²) in [7, 11) is 0. The van der Waals surface area contributed by atoms with Crippen molar-refractivity contribution in [2.24, 2.45) is 0 Å². The third-order valence-electron chi connectivity index (χ3n) is 0.899. The van der Waals surface area contributed by atoms with Crippen molar-refractivity contribution in [2.45, 2.75) is 7.54 Å². The van der Waals surface area contributed by atoms with Crippen molar-refractivity contribution >= 4 is 68.1 Å². The molecule has 9 heavy (non-hydrogen) atoms. The van der Waals surface area contributed by atoms with Gasteiger partial charge in [0, 0.05) is 0 Å². The van der Waals surface area contributed by atoms with Gasteiger partial charge in [-0.05, 0) is 0 Å². The molecule has 0 amide bonds. The number of thioether (sulfide) groups is 2. The van der Waals surface area contributed by atoms with E-state index in [1.54, 1.807) is 9.35 Å². The zero-order valence-electron chi connectivity index (χ0n) is 4.25. The van der Waals surface area contributed by atoms with Gasteiger partial charge in [-0.15, -0.1) is 0 Å². The van der Waals surface area contributed by atoms with Gasteiger partial charge in [0.1, 0.15) is 0 Å². The summed E-state index contributed by atoms with van der Waals surface area (Å²) in [6.07, 6.45) is 0. The molecule has 48 valence electrons. The van der Waals surface area contributed by atoms with Gasteiger partial charge < -0.3 is 0 Å². The molecule has 5 heteroatoms. The van der Waals surface area contributed by atoms with Crippen LogP contribution in [0, 0.1) is 1.81 Å². The summed E-state index contributed by atoms with van der Waals surface area (Å²) in [4.78, 5) is 0. The van der Waals surface area contributed by atoms with Crippen LogP contribution in [0.3, 0.4) is 0 Å². The van der Waals surface area contributed by atoms with Crippen molar-refractivity contribution in [3.05, 3.63) is 1.81 Å². The first-order chi connectivity index (χ1) is 4.36. The van der Waals surface area contributed by atoms with Crippen molar-refractivity contribution < 1.29 is 0 Å². The average molecular weight is 351 g/mol. The van der Waals surface area contributed by atoms with Gasteiger partial charge in [-0.3, -0.25) is 0 Å². The Kier molecular flexibility index (Phi) is 2.57. The molecule has 0 saturated heterocycles. The summed E-state index contributed by atoms with van der Waals surface area (Å²) in [6.45, 7) is 0. The molecule has 2 rings (SSSR count). The fourth-order valence-corrected chi connectivity index (χ4v) is 15.5. The van der Waals surface area contributed by atoms with E-state index in [0.717, 1.165) is 29.0 Å². The van der Waals surface area contributed by atoms with E-state index in [9.17, 15) is 0 Å². The summed E-state index contributed by atoms with van der Waals surface area (Å²) in [5.74, 6) is 0. The molecule has 1 aliphatic heterocycles. The summed E-state index contributed by atoms with van der Waals surface area (Å²) < 4.78 is 5.10. The Labute approximate surface area is 81.7 Å². The first-order valence-corrected chi connectivity index (χ1v) is 8.51. The molecule has 1 aliphatic rings. The van der Waals surface area contributed by atoms with Crippen LogP contribution in [-0.4, -0.2) is 49.7 Å². The first kappa shape index (κ1) is 7.51. The van der Waals surface area contributed by atoms with Gasteiger partial charge in [-0.1, -0.05) is 0 Å². The number of hydrogen-bond acceptors (Lipinski definition) is 2. The normalized spacial score (nSPS) is 16.0. The minimum atomic E-state index is 0.740. The molecule has 0 nitrogen and oxygen atoms in total. The Hall–Kier alpha value is 1.87. The zero-order valence-corrected chi connectivity index (χ0v) is 11.0. The van der Waals surface area contributed by atoms with E-state index >= 15 is 0 Å². The predicted molar refractivity (Wildman–Crippen MR) is 45.9 cm³/mol. The average Bonchev–Trinajstić information content (AvgIpc) is 2.22. The molecule has 1 aromatic rings. The molecule has 0 aliphatic carbocycles. The molecule has 0 bridgehead atoms. The van der Waals surface area contributed by atoms with Gasteiger partial charge in [-0.2, -0.15) is 0 Å². The maximum absolute atomic E-state index is 3.17. The van der Waals surface area contributed by atoms with Gasteiger partial charge in [-0.25, -0.2) is 0 Å². The molecule has 0 N–H and O–H groups in total. The molecular weight excluding hydrogens is 349 g/mol. The SMILES string of the molecule is [Se]=c1[se]c2c([se]1)SCS2. The van der Waals surface area contributed by atoms with Crippen LogP contribution in [0.15, 0.2) is 7.54 Å². The van der Waals surface area contributed by atoms with Crippen LogP contribution in [0.25, 0.3) is 0 Å². The van der Waals surface area contributed by atoms with Gasteiger partial charge in [0.05, 0.1) is 0 Å². The standard InChI is InChI=1S/C4H2S2Se3/c7-4-8-2-3(9-4)6-1-5-2/h1H2. The Morgan fingerprint density at radius 3 is 2.33 bits per heavy atom. The van der Waals surface area contributed by atoms with Crippen molar-refractivity contribution in [2.75, 3.05) is 5.08 Å². The summed E-state index contributed by atoms with van der Waals surface area (Å²) in [5, 5.41) is 1.29. The van der Waals surface area contributed by atoms with Crippen LogP contribution < -0.4 is 0 Å². The predicted octanol–water partition coefficient (Wildman–Crippen LogP) is 0.656. The van der Waals surface area contributed by atoms with Crippen molar-refractivity contribution in [1.29, 1.82) is 0 Å². The molecular formula is C4H2S2Se3. The third kappa shape index (κ3) is 1.55. The number of fused-ring (bicyclic) bond motifs is 1. The molecule has 0 unspecified atom stereocenters. The fourth-order valence-electron chi connectivity index (χ4n) is 0.569. The second-order valence-electron chi connectivity index (χ2n) is 1.44. The maximum atomic E-state index is 3.17. The zero-order chi connectivity index (χ0) is 6.27. The molecule has 0 radical (unpaired) electrons. The van der Waals surface area contributed by atoms with Crippen molar-refractivity contribution in [3.8, 4) is 0 Å². The monoisotopic (exact) mass is 354 g/mol. The molecule has 0 aromatic carbocycles. The minimum absolute atomic E-state index is 0.740. The van der Waals surface area contributed by atoms with Crippen LogP contribution >= 0.6 is 23.5 Å². The topological polar surface area (TPSA) is 0 Å². The Morgan fingerprint density at radius 1 is 1.22 bits per heavy atom. The van der Waals surface area contributed by atoms with E-state index in [-0.39, 0.29) is 0 Å². The van der Waals surface area contributed by atoms with Gasteiger partial charge in [0.15, 0.2) is 0 Å². The first-order valence-electron chi connectivity index (χ1n) is 2.26. The Bertz CT molecular complexity index is 249. The molecule has 0 spiro atoms. The molecule has 0 saturated carbocycles. The summed E-state index contributed by atoms with van der Waals surface area (Å²) >= 11 is 8.77. The van der Waals surface area contributed by atoms with E-state index in [4.69, 9.17) is 0 Å².